The molecule has 0 saturated carbocycles. The summed E-state index contributed by atoms with van der Waals surface area (Å²) in [5.41, 5.74) is 8.15. The third kappa shape index (κ3) is 5.28. The average Bonchev–Trinajstić information content (AvgIpc) is 2.35. The fourth-order valence-corrected chi connectivity index (χ4v) is 1.67. The number of nitrogens with zero attached hydrogens (tertiary/aromatic N) is 1. The molecule has 0 heterocycles. The van der Waals surface area contributed by atoms with Gasteiger partial charge in [0.1, 0.15) is 0 Å². The summed E-state index contributed by atoms with van der Waals surface area (Å²) in [5.74, 6) is -0.0484. The minimum atomic E-state index is -0.0484. The fraction of sp³-hybridized carbons (Fsp3) is 0.500. The summed E-state index contributed by atoms with van der Waals surface area (Å²) in [6.45, 7) is 6.25. The average molecular weight is 265 g/mol. The normalized spacial score (nSPS) is 10.7. The number of hydrogen-bond acceptors (Lipinski definition) is 4. The van der Waals surface area contributed by atoms with E-state index in [4.69, 9.17) is 10.5 Å². The topological polar surface area (TPSA) is 67.6 Å². The number of nitrogens with one attached hydrogen (secondary N) is 1. The minimum absolute atomic E-state index is 0.0484. The monoisotopic (exact) mass is 265 g/mol. The molecule has 5 nitrogen and oxygen atoms in total. The van der Waals surface area contributed by atoms with Crippen molar-refractivity contribution in [1.82, 2.24) is 4.90 Å². The fourth-order valence-electron chi connectivity index (χ4n) is 1.67. The lowest BCUT2D eigenvalue weighted by Gasteiger charge is -2.17. The van der Waals surface area contributed by atoms with E-state index < -0.39 is 0 Å². The Bertz CT molecular complexity index is 421. The lowest BCUT2D eigenvalue weighted by Crippen LogP contribution is -2.32. The lowest BCUT2D eigenvalue weighted by atomic mass is 10.1. The number of carbonyl (C=O) groups is 1. The van der Waals surface area contributed by atoms with E-state index in [1.807, 2.05) is 44.0 Å². The van der Waals surface area contributed by atoms with Crippen LogP contribution in [0.1, 0.15) is 12.5 Å². The molecule has 0 bridgehead atoms. The molecule has 0 fully saturated rings. The Labute approximate surface area is 114 Å². The van der Waals surface area contributed by atoms with Crippen LogP contribution in [0, 0.1) is 6.92 Å². The van der Waals surface area contributed by atoms with Crippen LogP contribution in [0.15, 0.2) is 18.2 Å². The van der Waals surface area contributed by atoms with Crippen LogP contribution in [-0.2, 0) is 9.53 Å². The van der Waals surface area contributed by atoms with Gasteiger partial charge < -0.3 is 15.8 Å². The lowest BCUT2D eigenvalue weighted by molar-refractivity contribution is -0.117. The van der Waals surface area contributed by atoms with Crippen molar-refractivity contribution in [3.63, 3.8) is 0 Å². The molecule has 1 rings (SSSR count). The largest absolute Gasteiger partial charge is 0.398 e. The third-order valence-corrected chi connectivity index (χ3v) is 2.88. The van der Waals surface area contributed by atoms with Crippen molar-refractivity contribution in [2.75, 3.05) is 44.4 Å². The van der Waals surface area contributed by atoms with Crippen molar-refractivity contribution in [3.8, 4) is 0 Å². The summed E-state index contributed by atoms with van der Waals surface area (Å²) < 4.78 is 5.25. The Morgan fingerprint density at radius 1 is 1.47 bits per heavy atom. The van der Waals surface area contributed by atoms with Crippen molar-refractivity contribution >= 4 is 17.3 Å². The molecule has 0 aliphatic rings. The van der Waals surface area contributed by atoms with E-state index >= 15 is 0 Å². The van der Waals surface area contributed by atoms with Crippen LogP contribution >= 0.6 is 0 Å². The van der Waals surface area contributed by atoms with Crippen LogP contribution < -0.4 is 11.1 Å². The van der Waals surface area contributed by atoms with Crippen molar-refractivity contribution in [1.29, 1.82) is 0 Å². The highest BCUT2D eigenvalue weighted by Gasteiger charge is 2.09. The highest BCUT2D eigenvalue weighted by Crippen LogP contribution is 2.20. The van der Waals surface area contributed by atoms with E-state index in [0.717, 1.165) is 17.8 Å². The van der Waals surface area contributed by atoms with Gasteiger partial charge in [-0.25, -0.2) is 0 Å². The van der Waals surface area contributed by atoms with Gasteiger partial charge in [-0.3, -0.25) is 9.69 Å². The Balaban J connectivity index is 2.44. The van der Waals surface area contributed by atoms with Gasteiger partial charge in [0.25, 0.3) is 0 Å². The predicted octanol–water partition coefficient (Wildman–Crippen LogP) is 1.48. The Hall–Kier alpha value is -1.59. The van der Waals surface area contributed by atoms with E-state index in [1.54, 1.807) is 0 Å². The summed E-state index contributed by atoms with van der Waals surface area (Å²) in [6.07, 6.45) is 0. The molecule has 3 N–H and O–H groups in total. The second-order valence-electron chi connectivity index (χ2n) is 4.50. The number of carbonyl (C=O) groups excluding carboxylic acids is 1. The number of benzene rings is 1. The van der Waals surface area contributed by atoms with Crippen LogP contribution in [0.2, 0.25) is 0 Å². The van der Waals surface area contributed by atoms with Crippen LogP contribution in [0.3, 0.4) is 0 Å². The number of nitrogen functional groups attached to an aromatic ring is 1. The smallest absolute Gasteiger partial charge is 0.238 e. The summed E-state index contributed by atoms with van der Waals surface area (Å²) in [5, 5.41) is 2.87. The molecule has 5 heteroatoms. The van der Waals surface area contributed by atoms with Crippen LogP contribution in [0.5, 0.6) is 0 Å². The third-order valence-electron chi connectivity index (χ3n) is 2.88. The molecular weight excluding hydrogens is 242 g/mol. The van der Waals surface area contributed by atoms with Gasteiger partial charge in [0.05, 0.1) is 13.2 Å². The number of likely N-dealkylation sites (N-methyl/N-ethyl adjacent to an activating group) is 1. The van der Waals surface area contributed by atoms with Gasteiger partial charge in [-0.1, -0.05) is 6.07 Å². The number of anilines is 2. The van der Waals surface area contributed by atoms with E-state index in [-0.39, 0.29) is 5.91 Å². The van der Waals surface area contributed by atoms with Gasteiger partial charge >= 0.3 is 0 Å². The number of hydrogen-bond donors (Lipinski definition) is 2. The van der Waals surface area contributed by atoms with Crippen LogP contribution in [0.25, 0.3) is 0 Å². The van der Waals surface area contributed by atoms with E-state index in [1.165, 1.54) is 0 Å². The maximum atomic E-state index is 11.9. The van der Waals surface area contributed by atoms with Crippen molar-refractivity contribution < 1.29 is 9.53 Å². The summed E-state index contributed by atoms with van der Waals surface area (Å²) in [7, 11) is 1.89. The highest BCUT2D eigenvalue weighted by molar-refractivity contribution is 5.93. The van der Waals surface area contributed by atoms with Crippen molar-refractivity contribution in [3.05, 3.63) is 23.8 Å². The molecule has 0 radical (unpaired) electrons. The van der Waals surface area contributed by atoms with Crippen molar-refractivity contribution in [2.24, 2.45) is 0 Å². The summed E-state index contributed by atoms with van der Waals surface area (Å²) in [6, 6.07) is 5.50. The van der Waals surface area contributed by atoms with Crippen LogP contribution in [-0.4, -0.2) is 44.2 Å². The molecule has 0 aliphatic heterocycles. The second-order valence-corrected chi connectivity index (χ2v) is 4.50. The molecule has 1 aromatic rings. The zero-order valence-electron chi connectivity index (χ0n) is 11.9. The predicted molar refractivity (Wildman–Crippen MR) is 78.2 cm³/mol. The molecule has 19 heavy (non-hydrogen) atoms. The standard InChI is InChI=1S/C14H23N3O2/c1-4-19-9-8-17(3)10-14(18)16-13-7-5-6-12(15)11(13)2/h5-7H,4,8-10,15H2,1-3H3,(H,16,18). The molecule has 0 aromatic heterocycles. The van der Waals surface area contributed by atoms with Gasteiger partial charge in [0, 0.05) is 24.5 Å². The summed E-state index contributed by atoms with van der Waals surface area (Å²) >= 11 is 0. The maximum Gasteiger partial charge on any atom is 0.238 e. The number of ether oxygens (including phenoxy) is 1. The van der Waals surface area contributed by atoms with Gasteiger partial charge in [-0.05, 0) is 38.6 Å². The first-order valence-corrected chi connectivity index (χ1v) is 6.45. The van der Waals surface area contributed by atoms with E-state index in [0.29, 0.717) is 25.4 Å². The minimum Gasteiger partial charge on any atom is -0.398 e. The van der Waals surface area contributed by atoms with Gasteiger partial charge in [0.2, 0.25) is 5.91 Å². The Morgan fingerprint density at radius 2 is 2.21 bits per heavy atom. The molecule has 1 aromatic carbocycles. The Morgan fingerprint density at radius 3 is 2.89 bits per heavy atom. The van der Waals surface area contributed by atoms with E-state index in [9.17, 15) is 4.79 Å². The second kappa shape index (κ2) is 7.76. The number of nitrogens with two attached hydrogens (primary N) is 1. The number of amides is 1. The van der Waals surface area contributed by atoms with Gasteiger partial charge in [0.15, 0.2) is 0 Å². The molecule has 0 saturated heterocycles. The highest BCUT2D eigenvalue weighted by atomic mass is 16.5. The molecular formula is C14H23N3O2. The molecule has 0 atom stereocenters. The molecule has 0 unspecified atom stereocenters. The summed E-state index contributed by atoms with van der Waals surface area (Å²) in [4.78, 5) is 13.8. The molecule has 106 valence electrons. The Kier molecular flexibility index (Phi) is 6.32. The quantitative estimate of drug-likeness (QED) is 0.579. The number of rotatable bonds is 7. The van der Waals surface area contributed by atoms with E-state index in [2.05, 4.69) is 5.32 Å². The van der Waals surface area contributed by atoms with Gasteiger partial charge in [-0.15, -0.1) is 0 Å². The van der Waals surface area contributed by atoms with Gasteiger partial charge in [-0.2, -0.15) is 0 Å². The zero-order valence-corrected chi connectivity index (χ0v) is 11.9. The first-order valence-electron chi connectivity index (χ1n) is 6.45. The maximum absolute atomic E-state index is 11.9. The SMILES string of the molecule is CCOCCN(C)CC(=O)Nc1cccc(N)c1C. The molecule has 0 aliphatic carbocycles. The first-order chi connectivity index (χ1) is 9.04. The first kappa shape index (κ1) is 15.5. The zero-order chi connectivity index (χ0) is 14.3. The van der Waals surface area contributed by atoms with Crippen molar-refractivity contribution in [2.45, 2.75) is 13.8 Å². The molecule has 1 amide bonds. The van der Waals surface area contributed by atoms with Crippen LogP contribution in [0.4, 0.5) is 11.4 Å². The molecule has 0 spiro atoms.